The molecule has 0 aliphatic carbocycles. The lowest BCUT2D eigenvalue weighted by atomic mass is 10.3. The van der Waals surface area contributed by atoms with E-state index in [2.05, 4.69) is 10.2 Å². The summed E-state index contributed by atoms with van der Waals surface area (Å²) in [6, 6.07) is 0. The van der Waals surface area contributed by atoms with Crippen molar-refractivity contribution in [2.45, 2.75) is 18.8 Å². The molecule has 16 heavy (non-hydrogen) atoms. The fourth-order valence-electron chi connectivity index (χ4n) is 1.15. The molecule has 0 fully saturated rings. The summed E-state index contributed by atoms with van der Waals surface area (Å²) in [6.07, 6.45) is -5.47. The van der Waals surface area contributed by atoms with Gasteiger partial charge in [0.2, 0.25) is 0 Å². The highest BCUT2D eigenvalue weighted by molar-refractivity contribution is 4.84. The number of aromatic nitrogens is 3. The van der Waals surface area contributed by atoms with Crippen molar-refractivity contribution in [3.8, 4) is 0 Å². The third kappa shape index (κ3) is 3.46. The van der Waals surface area contributed by atoms with Crippen LogP contribution in [0.1, 0.15) is 5.82 Å². The lowest BCUT2D eigenvalue weighted by Crippen LogP contribution is -2.39. The van der Waals surface area contributed by atoms with E-state index in [-0.39, 0.29) is 6.54 Å². The average molecular weight is 238 g/mol. The van der Waals surface area contributed by atoms with Crippen molar-refractivity contribution in [2.24, 2.45) is 7.05 Å². The zero-order valence-electron chi connectivity index (χ0n) is 8.94. The molecule has 0 aromatic carbocycles. The van der Waals surface area contributed by atoms with Crippen LogP contribution in [0, 0.1) is 0 Å². The molecule has 1 unspecified atom stereocenters. The highest BCUT2D eigenvalue weighted by Crippen LogP contribution is 2.20. The molecule has 0 bridgehead atoms. The molecule has 0 saturated heterocycles. The van der Waals surface area contributed by atoms with Crippen LogP contribution < -0.4 is 0 Å². The van der Waals surface area contributed by atoms with E-state index < -0.39 is 18.8 Å². The molecular formula is C8H13F3N4O. The van der Waals surface area contributed by atoms with E-state index in [1.807, 2.05) is 0 Å². The number of aliphatic hydroxyl groups excluding tert-OH is 1. The molecule has 1 aromatic heterocycles. The Bertz CT molecular complexity index is 338. The Hall–Kier alpha value is -1.15. The van der Waals surface area contributed by atoms with Crippen LogP contribution in [-0.2, 0) is 13.6 Å². The Labute approximate surface area is 90.5 Å². The van der Waals surface area contributed by atoms with Gasteiger partial charge >= 0.3 is 6.18 Å². The number of aliphatic hydroxyl groups is 1. The van der Waals surface area contributed by atoms with E-state index in [9.17, 15) is 13.2 Å². The van der Waals surface area contributed by atoms with Crippen molar-refractivity contribution >= 4 is 0 Å². The Kier molecular flexibility index (Phi) is 3.87. The number of aryl methyl sites for hydroxylation is 1. The molecule has 1 heterocycles. The first kappa shape index (κ1) is 12.9. The van der Waals surface area contributed by atoms with E-state index >= 15 is 0 Å². The van der Waals surface area contributed by atoms with Gasteiger partial charge in [0, 0.05) is 13.6 Å². The zero-order valence-corrected chi connectivity index (χ0v) is 8.94. The topological polar surface area (TPSA) is 54.2 Å². The molecule has 1 N–H and O–H groups in total. The SMILES string of the molecule is CN(Cc1nncn1C)CC(O)C(F)(F)F. The number of rotatable bonds is 4. The standard InChI is InChI=1S/C8H13F3N4O/c1-14(3-6(16)8(9,10)11)4-7-13-12-5-15(7)2/h5-6,16H,3-4H2,1-2H3. The van der Waals surface area contributed by atoms with E-state index in [1.165, 1.54) is 18.3 Å². The van der Waals surface area contributed by atoms with Crippen LogP contribution in [-0.4, -0.2) is 50.6 Å². The maximum Gasteiger partial charge on any atom is 0.415 e. The van der Waals surface area contributed by atoms with Crippen molar-refractivity contribution in [3.05, 3.63) is 12.2 Å². The lowest BCUT2D eigenvalue weighted by molar-refractivity contribution is -0.207. The summed E-state index contributed by atoms with van der Waals surface area (Å²) in [7, 11) is 3.17. The van der Waals surface area contributed by atoms with Crippen molar-refractivity contribution in [1.82, 2.24) is 19.7 Å². The summed E-state index contributed by atoms with van der Waals surface area (Å²) in [6.45, 7) is -0.292. The molecule has 92 valence electrons. The minimum atomic E-state index is -4.59. The first-order chi connectivity index (χ1) is 7.30. The molecule has 0 saturated carbocycles. The number of hydrogen-bond acceptors (Lipinski definition) is 4. The van der Waals surface area contributed by atoms with Crippen molar-refractivity contribution in [2.75, 3.05) is 13.6 Å². The van der Waals surface area contributed by atoms with E-state index in [0.29, 0.717) is 5.82 Å². The van der Waals surface area contributed by atoms with Gasteiger partial charge in [0.1, 0.15) is 12.2 Å². The molecule has 0 spiro atoms. The van der Waals surface area contributed by atoms with Gasteiger partial charge in [0.15, 0.2) is 6.10 Å². The Balaban J connectivity index is 2.48. The maximum atomic E-state index is 12.1. The minimum absolute atomic E-state index is 0.198. The largest absolute Gasteiger partial charge is 0.415 e. The smallest absolute Gasteiger partial charge is 0.382 e. The Morgan fingerprint density at radius 2 is 2.19 bits per heavy atom. The van der Waals surface area contributed by atoms with Gasteiger partial charge in [-0.2, -0.15) is 13.2 Å². The highest BCUT2D eigenvalue weighted by Gasteiger charge is 2.38. The fraction of sp³-hybridized carbons (Fsp3) is 0.750. The first-order valence-electron chi connectivity index (χ1n) is 4.57. The second kappa shape index (κ2) is 4.79. The first-order valence-corrected chi connectivity index (χ1v) is 4.57. The summed E-state index contributed by atoms with van der Waals surface area (Å²) < 4.78 is 37.8. The molecule has 1 atom stereocenters. The molecule has 5 nitrogen and oxygen atoms in total. The number of nitrogens with zero attached hydrogens (tertiary/aromatic N) is 4. The minimum Gasteiger partial charge on any atom is -0.382 e. The Morgan fingerprint density at radius 1 is 1.56 bits per heavy atom. The number of halogens is 3. The van der Waals surface area contributed by atoms with Crippen molar-refractivity contribution in [3.63, 3.8) is 0 Å². The van der Waals surface area contributed by atoms with Crippen molar-refractivity contribution in [1.29, 1.82) is 0 Å². The summed E-state index contributed by atoms with van der Waals surface area (Å²) in [5, 5.41) is 16.2. The zero-order chi connectivity index (χ0) is 12.3. The van der Waals surface area contributed by atoms with Crippen LogP contribution in [0.2, 0.25) is 0 Å². The number of likely N-dealkylation sites (N-methyl/N-ethyl adjacent to an activating group) is 1. The summed E-state index contributed by atoms with van der Waals surface area (Å²) in [5.74, 6) is 0.539. The van der Waals surface area contributed by atoms with Gasteiger partial charge in [0.05, 0.1) is 6.54 Å². The molecule has 0 radical (unpaired) electrons. The lowest BCUT2D eigenvalue weighted by Gasteiger charge is -2.21. The predicted molar refractivity (Wildman–Crippen MR) is 49.4 cm³/mol. The van der Waals surface area contributed by atoms with Gasteiger partial charge in [-0.3, -0.25) is 4.90 Å². The molecule has 0 aliphatic heterocycles. The molecule has 0 aliphatic rings. The predicted octanol–water partition coefficient (Wildman–Crippen LogP) is 0.170. The maximum absolute atomic E-state index is 12.1. The number of hydrogen-bond donors (Lipinski definition) is 1. The highest BCUT2D eigenvalue weighted by atomic mass is 19.4. The third-order valence-corrected chi connectivity index (χ3v) is 2.08. The normalized spacial score (nSPS) is 14.4. The quantitative estimate of drug-likeness (QED) is 0.812. The average Bonchev–Trinajstić information content (AvgIpc) is 2.50. The second-order valence-electron chi connectivity index (χ2n) is 3.61. The molecule has 1 aromatic rings. The van der Waals surface area contributed by atoms with Gasteiger partial charge in [-0.15, -0.1) is 10.2 Å². The number of alkyl halides is 3. The van der Waals surface area contributed by atoms with E-state index in [1.54, 1.807) is 11.6 Å². The van der Waals surface area contributed by atoms with Crippen molar-refractivity contribution < 1.29 is 18.3 Å². The van der Waals surface area contributed by atoms with Crippen LogP contribution in [0.4, 0.5) is 13.2 Å². The van der Waals surface area contributed by atoms with Crippen LogP contribution in [0.5, 0.6) is 0 Å². The fourth-order valence-corrected chi connectivity index (χ4v) is 1.15. The summed E-state index contributed by atoms with van der Waals surface area (Å²) in [5.41, 5.74) is 0. The molecular weight excluding hydrogens is 225 g/mol. The van der Waals surface area contributed by atoms with E-state index in [0.717, 1.165) is 0 Å². The van der Waals surface area contributed by atoms with Gasteiger partial charge < -0.3 is 9.67 Å². The molecule has 1 rings (SSSR count). The third-order valence-electron chi connectivity index (χ3n) is 2.08. The van der Waals surface area contributed by atoms with Gasteiger partial charge in [-0.1, -0.05) is 0 Å². The van der Waals surface area contributed by atoms with Crippen LogP contribution in [0.25, 0.3) is 0 Å². The van der Waals surface area contributed by atoms with Crippen LogP contribution >= 0.6 is 0 Å². The van der Waals surface area contributed by atoms with Crippen LogP contribution in [0.15, 0.2) is 6.33 Å². The van der Waals surface area contributed by atoms with Gasteiger partial charge in [-0.05, 0) is 7.05 Å². The molecule has 0 amide bonds. The Morgan fingerprint density at radius 3 is 2.62 bits per heavy atom. The summed E-state index contributed by atoms with van der Waals surface area (Å²) in [4.78, 5) is 1.34. The van der Waals surface area contributed by atoms with Gasteiger partial charge in [-0.25, -0.2) is 0 Å². The summed E-state index contributed by atoms with van der Waals surface area (Å²) >= 11 is 0. The van der Waals surface area contributed by atoms with Crippen LogP contribution in [0.3, 0.4) is 0 Å². The molecule has 8 heteroatoms. The second-order valence-corrected chi connectivity index (χ2v) is 3.61. The monoisotopic (exact) mass is 238 g/mol. The van der Waals surface area contributed by atoms with Gasteiger partial charge in [0.25, 0.3) is 0 Å². The van der Waals surface area contributed by atoms with E-state index in [4.69, 9.17) is 5.11 Å².